The van der Waals surface area contributed by atoms with E-state index in [1.165, 1.54) is 0 Å². The molecule has 7 heteroatoms. The van der Waals surface area contributed by atoms with Crippen LogP contribution in [0.1, 0.15) is 44.4 Å². The molecule has 24 heavy (non-hydrogen) atoms. The van der Waals surface area contributed by atoms with Crippen molar-refractivity contribution in [2.24, 2.45) is 0 Å². The second kappa shape index (κ2) is 7.19. The molecule has 0 saturated heterocycles. The lowest BCUT2D eigenvalue weighted by molar-refractivity contribution is -0.116. The Hall–Kier alpha value is -2.12. The molecule has 0 saturated carbocycles. The van der Waals surface area contributed by atoms with Gasteiger partial charge in [0.05, 0.1) is 0 Å². The third kappa shape index (κ3) is 4.94. The van der Waals surface area contributed by atoms with Gasteiger partial charge in [-0.15, -0.1) is 0 Å². The molecule has 2 unspecified atom stereocenters. The summed E-state index contributed by atoms with van der Waals surface area (Å²) < 4.78 is 5.08. The molecule has 1 aromatic rings. The highest BCUT2D eigenvalue weighted by atomic mass is 16.6. The molecule has 0 aromatic heterocycles. The molecular weight excluding hydrogens is 312 g/mol. The third-order valence-corrected chi connectivity index (χ3v) is 3.59. The number of hydrogen-bond donors (Lipinski definition) is 4. The first-order valence-corrected chi connectivity index (χ1v) is 7.91. The fourth-order valence-corrected chi connectivity index (χ4v) is 2.42. The number of benzene rings is 1. The van der Waals surface area contributed by atoms with E-state index in [4.69, 9.17) is 4.74 Å². The van der Waals surface area contributed by atoms with E-state index in [9.17, 15) is 19.8 Å². The van der Waals surface area contributed by atoms with Gasteiger partial charge < -0.3 is 25.6 Å². The second-order valence-electron chi connectivity index (χ2n) is 6.86. The number of fused-ring (bicyclic) bond motifs is 1. The van der Waals surface area contributed by atoms with E-state index < -0.39 is 23.9 Å². The molecule has 1 aliphatic heterocycles. The molecule has 2 atom stereocenters. The average molecular weight is 336 g/mol. The van der Waals surface area contributed by atoms with Gasteiger partial charge in [0, 0.05) is 18.7 Å². The van der Waals surface area contributed by atoms with E-state index in [0.717, 1.165) is 11.3 Å². The maximum atomic E-state index is 11.6. The molecule has 1 aliphatic rings. The molecule has 2 rings (SSSR count). The van der Waals surface area contributed by atoms with Gasteiger partial charge in [0.25, 0.3) is 0 Å². The highest BCUT2D eigenvalue weighted by Gasteiger charge is 2.23. The fraction of sp³-hybridized carbons (Fsp3) is 0.529. The number of nitrogens with one attached hydrogen (secondary N) is 2. The lowest BCUT2D eigenvalue weighted by Crippen LogP contribution is -2.38. The molecule has 2 amide bonds. The Morgan fingerprint density at radius 3 is 2.71 bits per heavy atom. The standard InChI is InChI=1S/C17H24N2O5/c1-17(2,3)24-16(23)18-9-13(20)15(22)11-4-6-12-10(8-11)5-7-14(21)19-12/h4,6,8,13,15,20,22H,5,7,9H2,1-3H3,(H,18,23)(H,19,21). The Balaban J connectivity index is 1.94. The summed E-state index contributed by atoms with van der Waals surface area (Å²) in [6.45, 7) is 5.08. The number of hydrogen-bond acceptors (Lipinski definition) is 5. The van der Waals surface area contributed by atoms with E-state index in [1.807, 2.05) is 0 Å². The smallest absolute Gasteiger partial charge is 0.407 e. The number of aryl methyl sites for hydroxylation is 1. The van der Waals surface area contributed by atoms with Crippen LogP contribution >= 0.6 is 0 Å². The van der Waals surface area contributed by atoms with Gasteiger partial charge in [-0.25, -0.2) is 4.79 Å². The summed E-state index contributed by atoms with van der Waals surface area (Å²) in [6.07, 6.45) is -1.98. The average Bonchev–Trinajstić information content (AvgIpc) is 2.49. The number of amides is 2. The molecule has 1 heterocycles. The second-order valence-corrected chi connectivity index (χ2v) is 6.86. The van der Waals surface area contributed by atoms with Crippen molar-refractivity contribution in [1.82, 2.24) is 5.32 Å². The van der Waals surface area contributed by atoms with E-state index in [2.05, 4.69) is 10.6 Å². The number of aliphatic hydroxyl groups is 2. The fourth-order valence-electron chi connectivity index (χ4n) is 2.42. The number of carbonyl (C=O) groups excluding carboxylic acids is 2. The normalized spacial score (nSPS) is 16.6. The van der Waals surface area contributed by atoms with Crippen LogP contribution in [0.3, 0.4) is 0 Å². The first-order chi connectivity index (χ1) is 11.2. The largest absolute Gasteiger partial charge is 0.444 e. The zero-order chi connectivity index (χ0) is 17.9. The monoisotopic (exact) mass is 336 g/mol. The SMILES string of the molecule is CC(C)(C)OC(=O)NCC(O)C(O)c1ccc2c(c1)CCC(=O)N2. The number of alkyl carbamates (subject to hydrolysis) is 1. The number of rotatable bonds is 4. The topological polar surface area (TPSA) is 108 Å². The Kier molecular flexibility index (Phi) is 5.46. The van der Waals surface area contributed by atoms with E-state index in [-0.39, 0.29) is 12.5 Å². The molecule has 0 fully saturated rings. The zero-order valence-electron chi connectivity index (χ0n) is 14.1. The van der Waals surface area contributed by atoms with Gasteiger partial charge in [0.1, 0.15) is 17.8 Å². The van der Waals surface area contributed by atoms with Crippen LogP contribution in [-0.4, -0.2) is 40.5 Å². The quantitative estimate of drug-likeness (QED) is 0.666. The third-order valence-electron chi connectivity index (χ3n) is 3.59. The lowest BCUT2D eigenvalue weighted by Gasteiger charge is -2.23. The summed E-state index contributed by atoms with van der Waals surface area (Å²) in [4.78, 5) is 22.9. The summed E-state index contributed by atoms with van der Waals surface area (Å²) in [5.74, 6) is -0.0302. The van der Waals surface area contributed by atoms with Crippen molar-refractivity contribution >= 4 is 17.7 Å². The summed E-state index contributed by atoms with van der Waals surface area (Å²) in [7, 11) is 0. The van der Waals surface area contributed by atoms with Gasteiger partial charge in [0.2, 0.25) is 5.91 Å². The molecule has 0 spiro atoms. The Morgan fingerprint density at radius 1 is 1.33 bits per heavy atom. The van der Waals surface area contributed by atoms with Crippen LogP contribution in [0.5, 0.6) is 0 Å². The van der Waals surface area contributed by atoms with Gasteiger partial charge in [-0.2, -0.15) is 0 Å². The van der Waals surface area contributed by atoms with Crippen molar-refractivity contribution in [3.8, 4) is 0 Å². The van der Waals surface area contributed by atoms with Crippen LogP contribution in [0.4, 0.5) is 10.5 Å². The first kappa shape index (κ1) is 18.2. The Labute approximate surface area is 141 Å². The minimum absolute atomic E-state index is 0.0302. The van der Waals surface area contributed by atoms with E-state index >= 15 is 0 Å². The molecule has 0 radical (unpaired) electrons. The zero-order valence-corrected chi connectivity index (χ0v) is 14.1. The van der Waals surface area contributed by atoms with Gasteiger partial charge in [-0.1, -0.05) is 12.1 Å². The maximum absolute atomic E-state index is 11.6. The van der Waals surface area contributed by atoms with Gasteiger partial charge >= 0.3 is 6.09 Å². The summed E-state index contributed by atoms with van der Waals surface area (Å²) >= 11 is 0. The lowest BCUT2D eigenvalue weighted by atomic mass is 9.96. The molecule has 1 aromatic carbocycles. The molecule has 0 bridgehead atoms. The van der Waals surface area contributed by atoms with Crippen molar-refractivity contribution in [1.29, 1.82) is 0 Å². The number of aliphatic hydroxyl groups excluding tert-OH is 2. The summed E-state index contributed by atoms with van der Waals surface area (Å²) in [6, 6.07) is 5.11. The minimum Gasteiger partial charge on any atom is -0.444 e. The number of anilines is 1. The highest BCUT2D eigenvalue weighted by Crippen LogP contribution is 2.27. The van der Waals surface area contributed by atoms with Crippen molar-refractivity contribution in [3.05, 3.63) is 29.3 Å². The highest BCUT2D eigenvalue weighted by molar-refractivity contribution is 5.93. The molecule has 0 aliphatic carbocycles. The number of ether oxygens (including phenoxy) is 1. The van der Waals surface area contributed by atoms with Crippen LogP contribution in [0.2, 0.25) is 0 Å². The van der Waals surface area contributed by atoms with Gasteiger partial charge in [0.15, 0.2) is 0 Å². The van der Waals surface area contributed by atoms with Crippen molar-refractivity contribution in [2.45, 2.75) is 51.4 Å². The molecule has 7 nitrogen and oxygen atoms in total. The maximum Gasteiger partial charge on any atom is 0.407 e. The summed E-state index contributed by atoms with van der Waals surface area (Å²) in [5, 5.41) is 25.5. The Bertz CT molecular complexity index is 624. The van der Waals surface area contributed by atoms with Crippen LogP contribution < -0.4 is 10.6 Å². The van der Waals surface area contributed by atoms with Crippen molar-refractivity contribution in [3.63, 3.8) is 0 Å². The van der Waals surface area contributed by atoms with Crippen molar-refractivity contribution in [2.75, 3.05) is 11.9 Å². The van der Waals surface area contributed by atoms with Crippen molar-refractivity contribution < 1.29 is 24.5 Å². The van der Waals surface area contributed by atoms with E-state index in [0.29, 0.717) is 18.4 Å². The first-order valence-electron chi connectivity index (χ1n) is 7.91. The van der Waals surface area contributed by atoms with Crippen LogP contribution in [0.15, 0.2) is 18.2 Å². The van der Waals surface area contributed by atoms with Crippen LogP contribution in [0, 0.1) is 0 Å². The predicted octanol–water partition coefficient (Wildman–Crippen LogP) is 1.49. The van der Waals surface area contributed by atoms with Gasteiger partial charge in [-0.3, -0.25) is 4.79 Å². The number of carbonyl (C=O) groups is 2. The minimum atomic E-state index is -1.17. The van der Waals surface area contributed by atoms with Gasteiger partial charge in [-0.05, 0) is 44.4 Å². The summed E-state index contributed by atoms with van der Waals surface area (Å²) in [5.41, 5.74) is 1.54. The molecule has 4 N–H and O–H groups in total. The molecule has 132 valence electrons. The van der Waals surface area contributed by atoms with Crippen LogP contribution in [-0.2, 0) is 16.0 Å². The van der Waals surface area contributed by atoms with E-state index in [1.54, 1.807) is 39.0 Å². The predicted molar refractivity (Wildman–Crippen MR) is 88.6 cm³/mol. The molecular formula is C17H24N2O5. The Morgan fingerprint density at radius 2 is 2.04 bits per heavy atom. The van der Waals surface area contributed by atoms with Crippen LogP contribution in [0.25, 0.3) is 0 Å².